The Labute approximate surface area is 57.9 Å². The highest BCUT2D eigenvalue weighted by Crippen LogP contribution is 2.15. The van der Waals surface area contributed by atoms with Gasteiger partial charge < -0.3 is 10.8 Å². The van der Waals surface area contributed by atoms with Gasteiger partial charge in [0.15, 0.2) is 0 Å². The van der Waals surface area contributed by atoms with Crippen LogP contribution in [0.1, 0.15) is 10.9 Å². The van der Waals surface area contributed by atoms with Crippen LogP contribution in [0, 0.1) is 0 Å². The number of aliphatic hydroxyl groups is 1. The Morgan fingerprint density at radius 1 is 1.78 bits per heavy atom. The van der Waals surface area contributed by atoms with Gasteiger partial charge in [-0.15, -0.1) is 11.3 Å². The summed E-state index contributed by atoms with van der Waals surface area (Å²) in [5, 5.41) is 10.5. The lowest BCUT2D eigenvalue weighted by Crippen LogP contribution is -2.12. The first-order valence-electron chi connectivity index (χ1n) is 2.74. The maximum absolute atomic E-state index is 8.59. The fourth-order valence-electron chi connectivity index (χ4n) is 0.592. The number of hydrogen-bond acceptors (Lipinski definition) is 3. The van der Waals surface area contributed by atoms with Crippen LogP contribution >= 0.6 is 11.3 Å². The molecule has 0 saturated heterocycles. The van der Waals surface area contributed by atoms with E-state index in [1.54, 1.807) is 11.3 Å². The highest BCUT2D eigenvalue weighted by Gasteiger charge is 2.02. The van der Waals surface area contributed by atoms with Crippen molar-refractivity contribution in [2.75, 3.05) is 6.61 Å². The summed E-state index contributed by atoms with van der Waals surface area (Å²) < 4.78 is 0. The molecule has 0 amide bonds. The van der Waals surface area contributed by atoms with Gasteiger partial charge in [0.25, 0.3) is 0 Å². The molecule has 0 aliphatic carbocycles. The summed E-state index contributed by atoms with van der Waals surface area (Å²) >= 11 is 1.57. The number of aliphatic hydroxyl groups excluding tert-OH is 1. The molecule has 0 fully saturated rings. The third-order valence-corrected chi connectivity index (χ3v) is 2.11. The van der Waals surface area contributed by atoms with E-state index < -0.39 is 0 Å². The zero-order chi connectivity index (χ0) is 6.69. The van der Waals surface area contributed by atoms with Crippen LogP contribution in [-0.4, -0.2) is 11.7 Å². The minimum atomic E-state index is -0.190. The van der Waals surface area contributed by atoms with E-state index in [0.717, 1.165) is 4.88 Å². The van der Waals surface area contributed by atoms with E-state index in [1.807, 2.05) is 17.5 Å². The average molecular weight is 143 g/mol. The maximum atomic E-state index is 8.59. The topological polar surface area (TPSA) is 46.2 Å². The van der Waals surface area contributed by atoms with Gasteiger partial charge in [-0.25, -0.2) is 0 Å². The highest BCUT2D eigenvalue weighted by molar-refractivity contribution is 7.10. The fourth-order valence-corrected chi connectivity index (χ4v) is 1.31. The summed E-state index contributed by atoms with van der Waals surface area (Å²) in [4.78, 5) is 1.04. The van der Waals surface area contributed by atoms with Crippen LogP contribution in [0.3, 0.4) is 0 Å². The lowest BCUT2D eigenvalue weighted by Gasteiger charge is -2.01. The number of nitrogens with two attached hydrogens (primary N) is 1. The van der Waals surface area contributed by atoms with Crippen LogP contribution in [0.5, 0.6) is 0 Å². The van der Waals surface area contributed by atoms with Gasteiger partial charge in [-0.2, -0.15) is 0 Å². The predicted octanol–water partition coefficient (Wildman–Crippen LogP) is 0.740. The van der Waals surface area contributed by atoms with Crippen molar-refractivity contribution in [3.05, 3.63) is 22.4 Å². The van der Waals surface area contributed by atoms with E-state index >= 15 is 0 Å². The average Bonchev–Trinajstić information content (AvgIpc) is 2.37. The first kappa shape index (κ1) is 6.74. The van der Waals surface area contributed by atoms with Crippen LogP contribution in [0.4, 0.5) is 0 Å². The van der Waals surface area contributed by atoms with Crippen LogP contribution in [0.25, 0.3) is 0 Å². The minimum absolute atomic E-state index is 0.0283. The molecule has 3 N–H and O–H groups in total. The molecule has 1 rings (SSSR count). The molecule has 2 nitrogen and oxygen atoms in total. The SMILES string of the molecule is N[C@@H](CO)c1cccs1. The molecular formula is C6H9NOS. The molecule has 3 heteroatoms. The Kier molecular flexibility index (Phi) is 2.22. The molecule has 1 aromatic rings. The van der Waals surface area contributed by atoms with Crippen molar-refractivity contribution in [3.63, 3.8) is 0 Å². The van der Waals surface area contributed by atoms with E-state index in [2.05, 4.69) is 0 Å². The second-order valence-corrected chi connectivity index (χ2v) is 2.78. The lowest BCUT2D eigenvalue weighted by atomic mass is 10.3. The van der Waals surface area contributed by atoms with Gasteiger partial charge in [0, 0.05) is 4.88 Å². The van der Waals surface area contributed by atoms with Crippen LogP contribution < -0.4 is 5.73 Å². The fraction of sp³-hybridized carbons (Fsp3) is 0.333. The van der Waals surface area contributed by atoms with Gasteiger partial charge >= 0.3 is 0 Å². The number of hydrogen-bond donors (Lipinski definition) is 2. The third kappa shape index (κ3) is 1.51. The highest BCUT2D eigenvalue weighted by atomic mass is 32.1. The molecule has 0 bridgehead atoms. The summed E-state index contributed by atoms with van der Waals surface area (Å²) in [6.07, 6.45) is 0. The van der Waals surface area contributed by atoms with E-state index in [-0.39, 0.29) is 12.6 Å². The molecule has 0 aliphatic rings. The normalized spacial score (nSPS) is 13.6. The lowest BCUT2D eigenvalue weighted by molar-refractivity contribution is 0.269. The Morgan fingerprint density at radius 2 is 2.56 bits per heavy atom. The molecule has 9 heavy (non-hydrogen) atoms. The van der Waals surface area contributed by atoms with Crippen molar-refractivity contribution in [3.8, 4) is 0 Å². The Bertz CT molecular complexity index is 162. The molecule has 0 aromatic carbocycles. The molecule has 1 aromatic heterocycles. The Balaban J connectivity index is 2.65. The summed E-state index contributed by atoms with van der Waals surface area (Å²) in [6, 6.07) is 3.66. The molecule has 1 heterocycles. The zero-order valence-corrected chi connectivity index (χ0v) is 5.77. The third-order valence-electron chi connectivity index (χ3n) is 1.11. The molecule has 0 saturated carbocycles. The van der Waals surface area contributed by atoms with Crippen LogP contribution in [-0.2, 0) is 0 Å². The van der Waals surface area contributed by atoms with Crippen molar-refractivity contribution in [2.45, 2.75) is 6.04 Å². The van der Waals surface area contributed by atoms with Gasteiger partial charge in [-0.3, -0.25) is 0 Å². The van der Waals surface area contributed by atoms with E-state index in [9.17, 15) is 0 Å². The number of thiophene rings is 1. The van der Waals surface area contributed by atoms with E-state index in [0.29, 0.717) is 0 Å². The molecule has 0 radical (unpaired) electrons. The molecule has 0 spiro atoms. The van der Waals surface area contributed by atoms with Crippen molar-refractivity contribution >= 4 is 11.3 Å². The van der Waals surface area contributed by atoms with Crippen molar-refractivity contribution in [1.82, 2.24) is 0 Å². The number of rotatable bonds is 2. The molecular weight excluding hydrogens is 134 g/mol. The first-order valence-corrected chi connectivity index (χ1v) is 3.62. The van der Waals surface area contributed by atoms with Gasteiger partial charge in [-0.1, -0.05) is 6.07 Å². The maximum Gasteiger partial charge on any atom is 0.0632 e. The zero-order valence-electron chi connectivity index (χ0n) is 4.95. The van der Waals surface area contributed by atoms with E-state index in [4.69, 9.17) is 10.8 Å². The summed E-state index contributed by atoms with van der Waals surface area (Å²) in [6.45, 7) is 0.0283. The van der Waals surface area contributed by atoms with Gasteiger partial charge in [0.2, 0.25) is 0 Å². The Morgan fingerprint density at radius 3 is 3.00 bits per heavy atom. The molecule has 50 valence electrons. The van der Waals surface area contributed by atoms with Gasteiger partial charge in [0.05, 0.1) is 12.6 Å². The molecule has 0 unspecified atom stereocenters. The molecule has 0 aliphatic heterocycles. The Hall–Kier alpha value is -0.380. The summed E-state index contributed by atoms with van der Waals surface area (Å²) in [5.41, 5.74) is 5.50. The summed E-state index contributed by atoms with van der Waals surface area (Å²) in [5.74, 6) is 0. The second-order valence-electron chi connectivity index (χ2n) is 1.80. The van der Waals surface area contributed by atoms with Crippen molar-refractivity contribution in [1.29, 1.82) is 0 Å². The van der Waals surface area contributed by atoms with Crippen molar-refractivity contribution < 1.29 is 5.11 Å². The van der Waals surface area contributed by atoms with Crippen LogP contribution in [0.15, 0.2) is 17.5 Å². The first-order chi connectivity index (χ1) is 4.34. The van der Waals surface area contributed by atoms with Crippen LogP contribution in [0.2, 0.25) is 0 Å². The predicted molar refractivity (Wildman–Crippen MR) is 38.3 cm³/mol. The monoisotopic (exact) mass is 143 g/mol. The smallest absolute Gasteiger partial charge is 0.0632 e. The quantitative estimate of drug-likeness (QED) is 0.641. The second kappa shape index (κ2) is 2.96. The largest absolute Gasteiger partial charge is 0.394 e. The summed E-state index contributed by atoms with van der Waals surface area (Å²) in [7, 11) is 0. The minimum Gasteiger partial charge on any atom is -0.394 e. The van der Waals surface area contributed by atoms with Crippen molar-refractivity contribution in [2.24, 2.45) is 5.73 Å². The van der Waals surface area contributed by atoms with Gasteiger partial charge in [-0.05, 0) is 11.4 Å². The van der Waals surface area contributed by atoms with E-state index in [1.165, 1.54) is 0 Å². The standard InChI is InChI=1S/C6H9NOS/c7-5(4-8)6-2-1-3-9-6/h1-3,5,8H,4,7H2/t5-/m0/s1. The molecule has 1 atom stereocenters. The van der Waals surface area contributed by atoms with Gasteiger partial charge in [0.1, 0.15) is 0 Å².